The van der Waals surface area contributed by atoms with E-state index < -0.39 is 5.91 Å². The number of nitrogens with zero attached hydrogens (tertiary/aromatic N) is 2. The fourth-order valence-electron chi connectivity index (χ4n) is 4.13. The van der Waals surface area contributed by atoms with Gasteiger partial charge in [0.25, 0.3) is 5.91 Å². The first kappa shape index (κ1) is 18.7. The van der Waals surface area contributed by atoms with Crippen LogP contribution in [0.1, 0.15) is 28.8 Å². The van der Waals surface area contributed by atoms with Crippen LogP contribution in [0.5, 0.6) is 0 Å². The van der Waals surface area contributed by atoms with E-state index in [0.29, 0.717) is 16.9 Å². The Morgan fingerprint density at radius 2 is 1.89 bits per heavy atom. The Bertz CT molecular complexity index is 961. The van der Waals surface area contributed by atoms with E-state index in [2.05, 4.69) is 39.2 Å². The van der Waals surface area contributed by atoms with Gasteiger partial charge in [-0.15, -0.1) is 0 Å². The first-order chi connectivity index (χ1) is 13.6. The number of likely N-dealkylation sites (tertiary alicyclic amines) is 1. The quantitative estimate of drug-likeness (QED) is 0.406. The third kappa shape index (κ3) is 3.93. The number of hydrogen-bond donors (Lipinski definition) is 2. The fraction of sp³-hybridized carbons (Fsp3) is 0.318. The largest absolute Gasteiger partial charge is 0.346 e. The smallest absolute Gasteiger partial charge is 0.267 e. The van der Waals surface area contributed by atoms with Crippen LogP contribution in [-0.4, -0.2) is 28.5 Å². The van der Waals surface area contributed by atoms with Crippen molar-refractivity contribution < 1.29 is 9.18 Å². The first-order valence-electron chi connectivity index (χ1n) is 9.69. The first-order valence-corrected chi connectivity index (χ1v) is 9.69. The number of amides is 1. The van der Waals surface area contributed by atoms with Crippen molar-refractivity contribution in [3.05, 3.63) is 71.7 Å². The Labute approximate surface area is 163 Å². The summed E-state index contributed by atoms with van der Waals surface area (Å²) in [7, 11) is 0. The molecule has 1 fully saturated rings. The van der Waals surface area contributed by atoms with Crippen LogP contribution in [0.3, 0.4) is 0 Å². The number of hydrazine groups is 1. The number of halogens is 1. The Hall–Kier alpha value is -2.70. The highest BCUT2D eigenvalue weighted by Crippen LogP contribution is 2.27. The van der Waals surface area contributed by atoms with E-state index in [1.807, 2.05) is 6.07 Å². The van der Waals surface area contributed by atoms with Crippen molar-refractivity contribution in [2.45, 2.75) is 25.9 Å². The Morgan fingerprint density at radius 3 is 2.61 bits per heavy atom. The molecule has 0 unspecified atom stereocenters. The highest BCUT2D eigenvalue weighted by Gasteiger charge is 2.22. The van der Waals surface area contributed by atoms with E-state index >= 15 is 0 Å². The van der Waals surface area contributed by atoms with Crippen molar-refractivity contribution in [1.82, 2.24) is 14.9 Å². The lowest BCUT2D eigenvalue weighted by atomic mass is 9.96. The van der Waals surface area contributed by atoms with Crippen molar-refractivity contribution in [3.63, 3.8) is 0 Å². The van der Waals surface area contributed by atoms with Crippen molar-refractivity contribution >= 4 is 16.8 Å². The molecular weight excluding hydrogens is 355 g/mol. The molecule has 0 aliphatic carbocycles. The number of carbonyl (C=O) groups excluding carboxylic acids is 1. The minimum Gasteiger partial charge on any atom is -0.346 e. The average Bonchev–Trinajstić information content (AvgIpc) is 3.07. The van der Waals surface area contributed by atoms with Gasteiger partial charge >= 0.3 is 0 Å². The maximum atomic E-state index is 13.7. The highest BCUT2D eigenvalue weighted by molar-refractivity contribution is 6.06. The van der Waals surface area contributed by atoms with Gasteiger partial charge in [-0.25, -0.2) is 10.2 Å². The van der Waals surface area contributed by atoms with Crippen LogP contribution >= 0.6 is 0 Å². The molecule has 1 aliphatic rings. The predicted octanol–water partition coefficient (Wildman–Crippen LogP) is 3.30. The molecule has 0 spiro atoms. The number of nitrogen functional groups attached to an aromatic ring is 1. The Morgan fingerprint density at radius 1 is 1.14 bits per heavy atom. The summed E-state index contributed by atoms with van der Waals surface area (Å²) >= 11 is 0. The molecule has 0 saturated carbocycles. The van der Waals surface area contributed by atoms with Crippen LogP contribution in [0.25, 0.3) is 10.9 Å². The summed E-state index contributed by atoms with van der Waals surface area (Å²) < 4.78 is 15.8. The number of rotatable bonds is 5. The number of piperidine rings is 1. The van der Waals surface area contributed by atoms with E-state index in [0.717, 1.165) is 44.5 Å². The Kier molecular flexibility index (Phi) is 5.41. The van der Waals surface area contributed by atoms with Gasteiger partial charge in [-0.05, 0) is 55.6 Å². The lowest BCUT2D eigenvalue weighted by Gasteiger charge is -2.32. The molecule has 3 N–H and O–H groups in total. The zero-order valence-electron chi connectivity index (χ0n) is 15.8. The van der Waals surface area contributed by atoms with Gasteiger partial charge in [0.2, 0.25) is 0 Å². The molecular formula is C22H25FN4O. The number of fused-ring (bicyclic) bond motifs is 1. The minimum absolute atomic E-state index is 0.356. The van der Waals surface area contributed by atoms with E-state index in [9.17, 15) is 9.18 Å². The molecule has 6 heteroatoms. The third-order valence-electron chi connectivity index (χ3n) is 5.63. The number of benzene rings is 2. The second-order valence-electron chi connectivity index (χ2n) is 7.54. The number of aromatic nitrogens is 1. The minimum atomic E-state index is -0.396. The van der Waals surface area contributed by atoms with Crippen LogP contribution in [0.4, 0.5) is 4.39 Å². The maximum absolute atomic E-state index is 13.7. The van der Waals surface area contributed by atoms with E-state index in [1.54, 1.807) is 12.3 Å². The molecule has 2 aromatic carbocycles. The average molecular weight is 380 g/mol. The van der Waals surface area contributed by atoms with Gasteiger partial charge in [0.05, 0.1) is 5.56 Å². The molecule has 1 saturated heterocycles. The van der Waals surface area contributed by atoms with Gasteiger partial charge in [-0.2, -0.15) is 0 Å². The third-order valence-corrected chi connectivity index (χ3v) is 5.63. The molecule has 2 heterocycles. The molecule has 0 bridgehead atoms. The zero-order valence-corrected chi connectivity index (χ0v) is 15.8. The Balaban J connectivity index is 1.45. The predicted molar refractivity (Wildman–Crippen MR) is 108 cm³/mol. The molecule has 146 valence electrons. The summed E-state index contributed by atoms with van der Waals surface area (Å²) in [6.45, 7) is 3.92. The van der Waals surface area contributed by atoms with Crippen molar-refractivity contribution in [3.8, 4) is 0 Å². The number of nitrogens with two attached hydrogens (primary N) is 1. The molecule has 1 aliphatic heterocycles. The van der Waals surface area contributed by atoms with Crippen LogP contribution in [-0.2, 0) is 13.1 Å². The molecule has 1 aromatic heterocycles. The van der Waals surface area contributed by atoms with Crippen LogP contribution < -0.4 is 11.3 Å². The number of hydrogen-bond acceptors (Lipinski definition) is 3. The van der Waals surface area contributed by atoms with Gasteiger partial charge in [-0.1, -0.05) is 30.3 Å². The molecule has 3 aromatic rings. The van der Waals surface area contributed by atoms with Gasteiger partial charge < -0.3 is 4.57 Å². The second kappa shape index (κ2) is 8.12. The summed E-state index contributed by atoms with van der Waals surface area (Å²) in [5, 5.41) is 0.601. The maximum Gasteiger partial charge on any atom is 0.267 e. The summed E-state index contributed by atoms with van der Waals surface area (Å²) in [6.07, 6.45) is 4.00. The molecule has 5 nitrogen and oxygen atoms in total. The van der Waals surface area contributed by atoms with Crippen molar-refractivity contribution in [2.24, 2.45) is 11.8 Å². The monoisotopic (exact) mass is 380 g/mol. The van der Waals surface area contributed by atoms with Crippen molar-refractivity contribution in [2.75, 3.05) is 13.1 Å². The van der Waals surface area contributed by atoms with Crippen molar-refractivity contribution in [1.29, 1.82) is 0 Å². The fourth-order valence-corrected chi connectivity index (χ4v) is 4.13. The zero-order chi connectivity index (χ0) is 19.5. The van der Waals surface area contributed by atoms with Gasteiger partial charge in [0.15, 0.2) is 0 Å². The summed E-state index contributed by atoms with van der Waals surface area (Å²) in [5.74, 6) is 5.07. The number of nitrogens with one attached hydrogen (secondary N) is 1. The molecule has 0 atom stereocenters. The van der Waals surface area contributed by atoms with Crippen LogP contribution in [0.15, 0.2) is 54.7 Å². The van der Waals surface area contributed by atoms with E-state index in [-0.39, 0.29) is 5.82 Å². The van der Waals surface area contributed by atoms with Gasteiger partial charge in [0, 0.05) is 30.2 Å². The van der Waals surface area contributed by atoms with Gasteiger partial charge in [-0.3, -0.25) is 15.1 Å². The van der Waals surface area contributed by atoms with Crippen LogP contribution in [0, 0.1) is 11.7 Å². The SMILES string of the molecule is NNC(=O)c1cn(CC2CCN(Cc3ccccc3)CC2)c2ccc(F)cc12. The normalized spacial score (nSPS) is 15.8. The lowest BCUT2D eigenvalue weighted by molar-refractivity contribution is 0.0955. The number of carbonyl (C=O) groups is 1. The summed E-state index contributed by atoms with van der Waals surface area (Å²) in [6, 6.07) is 15.1. The van der Waals surface area contributed by atoms with E-state index in [1.165, 1.54) is 17.7 Å². The standard InChI is InChI=1S/C22H25FN4O/c23-18-6-7-21-19(12-18)20(22(28)25-24)15-27(21)14-17-8-10-26(11-9-17)13-16-4-2-1-3-5-16/h1-7,12,15,17H,8-11,13-14,24H2,(H,25,28). The van der Waals surface area contributed by atoms with Crippen LogP contribution in [0.2, 0.25) is 0 Å². The second-order valence-corrected chi connectivity index (χ2v) is 7.54. The highest BCUT2D eigenvalue weighted by atomic mass is 19.1. The van der Waals surface area contributed by atoms with Gasteiger partial charge in [0.1, 0.15) is 5.82 Å². The lowest BCUT2D eigenvalue weighted by Crippen LogP contribution is -2.34. The molecule has 0 radical (unpaired) electrons. The molecule has 4 rings (SSSR count). The summed E-state index contributed by atoms with van der Waals surface area (Å²) in [5.41, 5.74) is 4.78. The topological polar surface area (TPSA) is 63.3 Å². The van der Waals surface area contributed by atoms with E-state index in [4.69, 9.17) is 5.84 Å². The molecule has 1 amide bonds. The summed E-state index contributed by atoms with van der Waals surface area (Å²) in [4.78, 5) is 14.6. The molecule has 28 heavy (non-hydrogen) atoms.